The molecule has 8 heteroatoms. The molecule has 0 fully saturated rings. The van der Waals surface area contributed by atoms with E-state index >= 15 is 0 Å². The second-order valence-corrected chi connectivity index (χ2v) is 8.37. The van der Waals surface area contributed by atoms with Gasteiger partial charge in [-0.15, -0.1) is 0 Å². The summed E-state index contributed by atoms with van der Waals surface area (Å²) in [4.78, 5) is 12.2. The minimum atomic E-state index is -3.55. The van der Waals surface area contributed by atoms with E-state index in [-0.39, 0.29) is 5.56 Å². The van der Waals surface area contributed by atoms with Crippen LogP contribution in [0.3, 0.4) is 0 Å². The predicted octanol–water partition coefficient (Wildman–Crippen LogP) is 2.11. The highest BCUT2D eigenvalue weighted by molar-refractivity contribution is 7.88. The van der Waals surface area contributed by atoms with E-state index in [1.165, 1.54) is 13.0 Å². The Balaban J connectivity index is 3.08. The molecule has 2 atom stereocenters. The van der Waals surface area contributed by atoms with Gasteiger partial charge in [0.2, 0.25) is 15.9 Å². The van der Waals surface area contributed by atoms with Crippen molar-refractivity contribution in [2.75, 3.05) is 6.26 Å². The van der Waals surface area contributed by atoms with Gasteiger partial charge in [0, 0.05) is 11.6 Å². The lowest BCUT2D eigenvalue weighted by Crippen LogP contribution is -2.47. The van der Waals surface area contributed by atoms with E-state index in [0.717, 1.165) is 18.4 Å². The van der Waals surface area contributed by atoms with Crippen molar-refractivity contribution in [3.63, 3.8) is 0 Å². The van der Waals surface area contributed by atoms with E-state index in [0.29, 0.717) is 0 Å². The average molecular weight is 348 g/mol. The maximum absolute atomic E-state index is 14.1. The van der Waals surface area contributed by atoms with Crippen LogP contribution in [0.25, 0.3) is 0 Å². The topological polar surface area (TPSA) is 75.3 Å². The van der Waals surface area contributed by atoms with Gasteiger partial charge in [-0.1, -0.05) is 26.8 Å². The Labute approximate surface area is 135 Å². The number of carbonyl (C=O) groups excluding carboxylic acids is 1. The van der Waals surface area contributed by atoms with Gasteiger partial charge in [-0.3, -0.25) is 4.79 Å². The standard InChI is InChI=1S/C15H22F2N2O3S/c1-9(19-23(5,21)22)14(20)18-13(15(2,3)4)11-7-6-10(16)8-12(11)17/h6-9,13,19H,1-5H3,(H,18,20)/t9-,13+/m1/s1. The third kappa shape index (κ3) is 5.87. The highest BCUT2D eigenvalue weighted by atomic mass is 32.2. The lowest BCUT2D eigenvalue weighted by molar-refractivity contribution is -0.123. The van der Waals surface area contributed by atoms with Crippen molar-refractivity contribution in [3.05, 3.63) is 35.4 Å². The van der Waals surface area contributed by atoms with Crippen molar-refractivity contribution in [2.24, 2.45) is 5.41 Å². The van der Waals surface area contributed by atoms with Gasteiger partial charge < -0.3 is 5.32 Å². The van der Waals surface area contributed by atoms with Crippen LogP contribution in [0.4, 0.5) is 8.78 Å². The summed E-state index contributed by atoms with van der Waals surface area (Å²) < 4.78 is 51.7. The Bertz CT molecular complexity index is 684. The van der Waals surface area contributed by atoms with Crippen LogP contribution in [0.5, 0.6) is 0 Å². The molecule has 0 aliphatic heterocycles. The summed E-state index contributed by atoms with van der Waals surface area (Å²) >= 11 is 0. The van der Waals surface area contributed by atoms with E-state index in [9.17, 15) is 22.0 Å². The Morgan fingerprint density at radius 1 is 1.22 bits per heavy atom. The van der Waals surface area contributed by atoms with Crippen molar-refractivity contribution in [3.8, 4) is 0 Å². The molecule has 0 bridgehead atoms. The molecule has 1 rings (SSSR count). The second-order valence-electron chi connectivity index (χ2n) is 6.59. The normalized spacial score (nSPS) is 15.1. The summed E-state index contributed by atoms with van der Waals surface area (Å²) in [5, 5.41) is 2.63. The molecular formula is C15H22F2N2O3S. The molecule has 0 saturated carbocycles. The Morgan fingerprint density at radius 3 is 2.22 bits per heavy atom. The van der Waals surface area contributed by atoms with E-state index < -0.39 is 45.1 Å². The summed E-state index contributed by atoms with van der Waals surface area (Å²) in [6.45, 7) is 6.75. The van der Waals surface area contributed by atoms with Crippen molar-refractivity contribution >= 4 is 15.9 Å². The van der Waals surface area contributed by atoms with Crippen LogP contribution in [0.1, 0.15) is 39.3 Å². The molecule has 2 N–H and O–H groups in total. The quantitative estimate of drug-likeness (QED) is 0.856. The number of hydrogen-bond acceptors (Lipinski definition) is 3. The van der Waals surface area contributed by atoms with Gasteiger partial charge in [-0.05, 0) is 18.4 Å². The summed E-state index contributed by atoms with van der Waals surface area (Å²) in [5.74, 6) is -2.08. The Kier molecular flexibility index (Phi) is 5.87. The van der Waals surface area contributed by atoms with Gasteiger partial charge >= 0.3 is 0 Å². The summed E-state index contributed by atoms with van der Waals surface area (Å²) in [6.07, 6.45) is 0.942. The number of rotatable bonds is 5. The SMILES string of the molecule is C[C@@H](NS(C)(=O)=O)C(=O)N[C@@H](c1ccc(F)cc1F)C(C)(C)C. The molecule has 1 aromatic rings. The number of sulfonamides is 1. The van der Waals surface area contributed by atoms with Crippen LogP contribution in [0.2, 0.25) is 0 Å². The number of nitrogens with one attached hydrogen (secondary N) is 2. The maximum Gasteiger partial charge on any atom is 0.238 e. The average Bonchev–Trinajstić information content (AvgIpc) is 2.33. The first-order valence-electron chi connectivity index (χ1n) is 7.04. The fourth-order valence-electron chi connectivity index (χ4n) is 2.14. The third-order valence-electron chi connectivity index (χ3n) is 3.21. The van der Waals surface area contributed by atoms with Gasteiger partial charge in [-0.2, -0.15) is 0 Å². The zero-order chi connectivity index (χ0) is 18.0. The molecular weight excluding hydrogens is 326 g/mol. The molecule has 0 saturated heterocycles. The molecule has 0 radical (unpaired) electrons. The first-order valence-corrected chi connectivity index (χ1v) is 8.93. The fourth-order valence-corrected chi connectivity index (χ4v) is 2.89. The zero-order valence-electron chi connectivity index (χ0n) is 13.8. The van der Waals surface area contributed by atoms with Crippen LogP contribution >= 0.6 is 0 Å². The largest absolute Gasteiger partial charge is 0.347 e. The first-order chi connectivity index (χ1) is 10.3. The lowest BCUT2D eigenvalue weighted by Gasteiger charge is -2.33. The van der Waals surface area contributed by atoms with Crippen LogP contribution in [0.15, 0.2) is 18.2 Å². The van der Waals surface area contributed by atoms with Gasteiger partial charge in [0.05, 0.1) is 18.3 Å². The predicted molar refractivity (Wildman–Crippen MR) is 84.1 cm³/mol. The van der Waals surface area contributed by atoms with Crippen molar-refractivity contribution in [1.82, 2.24) is 10.0 Å². The Morgan fingerprint density at radius 2 is 1.78 bits per heavy atom. The smallest absolute Gasteiger partial charge is 0.238 e. The lowest BCUT2D eigenvalue weighted by atomic mass is 9.82. The van der Waals surface area contributed by atoms with E-state index in [1.807, 2.05) is 0 Å². The highest BCUT2D eigenvalue weighted by Gasteiger charge is 2.31. The molecule has 1 aromatic carbocycles. The van der Waals surface area contributed by atoms with E-state index in [2.05, 4.69) is 10.0 Å². The summed E-state index contributed by atoms with van der Waals surface area (Å²) in [7, 11) is -3.55. The zero-order valence-corrected chi connectivity index (χ0v) is 14.6. The monoisotopic (exact) mass is 348 g/mol. The number of hydrogen-bond donors (Lipinski definition) is 2. The molecule has 0 aliphatic carbocycles. The molecule has 23 heavy (non-hydrogen) atoms. The molecule has 0 heterocycles. The summed E-state index contributed by atoms with van der Waals surface area (Å²) in [5.41, 5.74) is -0.433. The summed E-state index contributed by atoms with van der Waals surface area (Å²) in [6, 6.07) is 1.37. The minimum absolute atomic E-state index is 0.138. The van der Waals surface area contributed by atoms with E-state index in [4.69, 9.17) is 0 Å². The van der Waals surface area contributed by atoms with Crippen molar-refractivity contribution < 1.29 is 22.0 Å². The van der Waals surface area contributed by atoms with Crippen molar-refractivity contribution in [2.45, 2.75) is 39.8 Å². The maximum atomic E-state index is 14.1. The molecule has 1 amide bonds. The first kappa shape index (κ1) is 19.5. The molecule has 0 spiro atoms. The number of benzene rings is 1. The fraction of sp³-hybridized carbons (Fsp3) is 0.533. The van der Waals surface area contributed by atoms with Gasteiger partial charge in [0.15, 0.2) is 0 Å². The molecule has 0 aromatic heterocycles. The van der Waals surface area contributed by atoms with Gasteiger partial charge in [0.25, 0.3) is 0 Å². The van der Waals surface area contributed by atoms with Gasteiger partial charge in [-0.25, -0.2) is 21.9 Å². The van der Waals surface area contributed by atoms with Crippen LogP contribution < -0.4 is 10.0 Å². The van der Waals surface area contributed by atoms with Crippen LogP contribution in [0, 0.1) is 17.0 Å². The van der Waals surface area contributed by atoms with Crippen molar-refractivity contribution in [1.29, 1.82) is 0 Å². The molecule has 0 aliphatic rings. The van der Waals surface area contributed by atoms with Crippen LogP contribution in [-0.2, 0) is 14.8 Å². The minimum Gasteiger partial charge on any atom is -0.347 e. The third-order valence-corrected chi connectivity index (χ3v) is 3.99. The highest BCUT2D eigenvalue weighted by Crippen LogP contribution is 2.34. The second kappa shape index (κ2) is 6.92. The Hall–Kier alpha value is -1.54. The molecule has 0 unspecified atom stereocenters. The number of carbonyl (C=O) groups is 1. The molecule has 5 nitrogen and oxygen atoms in total. The number of halogens is 2. The molecule has 130 valence electrons. The number of amides is 1. The van der Waals surface area contributed by atoms with Gasteiger partial charge in [0.1, 0.15) is 11.6 Å². The van der Waals surface area contributed by atoms with Crippen LogP contribution in [-0.4, -0.2) is 26.6 Å². The van der Waals surface area contributed by atoms with E-state index in [1.54, 1.807) is 20.8 Å².